The van der Waals surface area contributed by atoms with Crippen molar-refractivity contribution < 1.29 is 19.1 Å². The number of benzene rings is 2. The third-order valence-electron chi connectivity index (χ3n) is 3.22. The fraction of sp³-hybridized carbons (Fsp3) is 0.176. The summed E-state index contributed by atoms with van der Waals surface area (Å²) in [4.78, 5) is 23.2. The Labute approximate surface area is 127 Å². The number of rotatable bonds is 6. The molecule has 2 aromatic carbocycles. The van der Waals surface area contributed by atoms with Gasteiger partial charge in [-0.3, -0.25) is 4.79 Å². The summed E-state index contributed by atoms with van der Waals surface area (Å²) in [6.07, 6.45) is -0.00950. The summed E-state index contributed by atoms with van der Waals surface area (Å²) in [6.45, 7) is 0. The Bertz CT molecular complexity index is 658. The maximum absolute atomic E-state index is 13.5. The molecule has 2 N–H and O–H groups in total. The molecule has 0 bridgehead atoms. The van der Waals surface area contributed by atoms with Gasteiger partial charge in [0.15, 0.2) is 0 Å². The van der Waals surface area contributed by atoms with Crippen LogP contribution in [0.5, 0.6) is 0 Å². The van der Waals surface area contributed by atoms with E-state index in [1.54, 1.807) is 30.3 Å². The van der Waals surface area contributed by atoms with E-state index < -0.39 is 23.7 Å². The highest BCUT2D eigenvalue weighted by atomic mass is 19.1. The zero-order valence-corrected chi connectivity index (χ0v) is 11.8. The van der Waals surface area contributed by atoms with Crippen LogP contribution < -0.4 is 5.32 Å². The third kappa shape index (κ3) is 4.41. The Kier molecular flexibility index (Phi) is 5.25. The molecule has 0 saturated heterocycles. The summed E-state index contributed by atoms with van der Waals surface area (Å²) < 4.78 is 13.5. The summed E-state index contributed by atoms with van der Waals surface area (Å²) in [6, 6.07) is 13.9. The molecule has 0 unspecified atom stereocenters. The summed E-state index contributed by atoms with van der Waals surface area (Å²) >= 11 is 0. The van der Waals surface area contributed by atoms with E-state index in [1.165, 1.54) is 18.2 Å². The lowest BCUT2D eigenvalue weighted by Crippen LogP contribution is -2.43. The van der Waals surface area contributed by atoms with Crippen molar-refractivity contribution >= 4 is 11.9 Å². The molecule has 0 aromatic heterocycles. The molecule has 5 heteroatoms. The van der Waals surface area contributed by atoms with Crippen molar-refractivity contribution in [2.24, 2.45) is 0 Å². The van der Waals surface area contributed by atoms with E-state index in [-0.39, 0.29) is 18.4 Å². The molecule has 2 rings (SSSR count). The number of carboxylic acids is 1. The molecular formula is C17H16FNO3. The smallest absolute Gasteiger partial charge is 0.326 e. The van der Waals surface area contributed by atoms with E-state index in [0.717, 1.165) is 5.56 Å². The molecule has 0 saturated carbocycles. The number of carbonyl (C=O) groups excluding carboxylic acids is 1. The number of aliphatic carboxylic acids is 1. The summed E-state index contributed by atoms with van der Waals surface area (Å²) in [5, 5.41) is 11.7. The molecule has 0 aliphatic carbocycles. The Hall–Kier alpha value is -2.69. The zero-order chi connectivity index (χ0) is 15.9. The highest BCUT2D eigenvalue weighted by Crippen LogP contribution is 2.08. The van der Waals surface area contributed by atoms with E-state index in [0.29, 0.717) is 0 Å². The van der Waals surface area contributed by atoms with Gasteiger partial charge in [-0.15, -0.1) is 0 Å². The minimum Gasteiger partial charge on any atom is -0.480 e. The maximum atomic E-state index is 13.5. The number of amides is 1. The van der Waals surface area contributed by atoms with Gasteiger partial charge in [-0.25, -0.2) is 9.18 Å². The summed E-state index contributed by atoms with van der Waals surface area (Å²) in [5.74, 6) is -2.12. The van der Waals surface area contributed by atoms with Gasteiger partial charge in [0.25, 0.3) is 0 Å². The molecule has 22 heavy (non-hydrogen) atoms. The van der Waals surface area contributed by atoms with E-state index in [4.69, 9.17) is 0 Å². The molecule has 0 fully saturated rings. The fourth-order valence-electron chi connectivity index (χ4n) is 2.11. The van der Waals surface area contributed by atoms with Crippen LogP contribution in [0.4, 0.5) is 4.39 Å². The first-order valence-corrected chi connectivity index (χ1v) is 6.86. The van der Waals surface area contributed by atoms with Crippen molar-refractivity contribution in [3.8, 4) is 0 Å². The summed E-state index contributed by atoms with van der Waals surface area (Å²) in [7, 11) is 0. The van der Waals surface area contributed by atoms with Crippen molar-refractivity contribution in [3.05, 3.63) is 71.5 Å². The minimum absolute atomic E-state index is 0.180. The van der Waals surface area contributed by atoms with E-state index in [1.807, 2.05) is 6.07 Å². The third-order valence-corrected chi connectivity index (χ3v) is 3.22. The predicted molar refractivity (Wildman–Crippen MR) is 79.8 cm³/mol. The van der Waals surface area contributed by atoms with Crippen LogP contribution in [0.1, 0.15) is 11.1 Å². The van der Waals surface area contributed by atoms with E-state index in [2.05, 4.69) is 5.32 Å². The van der Waals surface area contributed by atoms with Crippen molar-refractivity contribution in [3.63, 3.8) is 0 Å². The molecule has 114 valence electrons. The molecule has 0 aliphatic heterocycles. The van der Waals surface area contributed by atoms with Gasteiger partial charge in [-0.05, 0) is 17.2 Å². The number of halogens is 1. The Morgan fingerprint density at radius 1 is 1.05 bits per heavy atom. The second-order valence-electron chi connectivity index (χ2n) is 4.92. The molecule has 0 radical (unpaired) electrons. The average molecular weight is 301 g/mol. The highest BCUT2D eigenvalue weighted by Gasteiger charge is 2.20. The number of carbonyl (C=O) groups is 2. The standard InChI is InChI=1S/C17H16FNO3/c18-14-9-5-4-8-13(14)11-16(20)19-15(17(21)22)10-12-6-2-1-3-7-12/h1-9,15H,10-11H2,(H,19,20)(H,21,22)/t15-/m0/s1. The molecule has 0 heterocycles. The first kappa shape index (κ1) is 15.7. The lowest BCUT2D eigenvalue weighted by Gasteiger charge is -2.15. The molecule has 1 atom stereocenters. The first-order chi connectivity index (χ1) is 10.6. The normalized spacial score (nSPS) is 11.7. The number of hydrogen-bond donors (Lipinski definition) is 2. The van der Waals surface area contributed by atoms with Crippen LogP contribution in [0.3, 0.4) is 0 Å². The van der Waals surface area contributed by atoms with Crippen LogP contribution in [0, 0.1) is 5.82 Å². The van der Waals surface area contributed by atoms with Crippen molar-refractivity contribution in [2.75, 3.05) is 0 Å². The largest absolute Gasteiger partial charge is 0.480 e. The molecule has 0 aliphatic rings. The highest BCUT2D eigenvalue weighted by molar-refractivity contribution is 5.85. The topological polar surface area (TPSA) is 66.4 Å². The SMILES string of the molecule is O=C(Cc1ccccc1F)N[C@@H](Cc1ccccc1)C(=O)O. The monoisotopic (exact) mass is 301 g/mol. The maximum Gasteiger partial charge on any atom is 0.326 e. The van der Waals surface area contributed by atoms with E-state index >= 15 is 0 Å². The Balaban J connectivity index is 2.00. The van der Waals surface area contributed by atoms with Crippen LogP contribution in [-0.4, -0.2) is 23.0 Å². The van der Waals surface area contributed by atoms with Crippen LogP contribution in [0.15, 0.2) is 54.6 Å². The van der Waals surface area contributed by atoms with Gasteiger partial charge in [-0.1, -0.05) is 48.5 Å². The fourth-order valence-corrected chi connectivity index (χ4v) is 2.11. The Morgan fingerprint density at radius 2 is 1.68 bits per heavy atom. The van der Waals surface area contributed by atoms with Gasteiger partial charge in [-0.2, -0.15) is 0 Å². The Morgan fingerprint density at radius 3 is 2.32 bits per heavy atom. The van der Waals surface area contributed by atoms with Crippen LogP contribution in [0.25, 0.3) is 0 Å². The predicted octanol–water partition coefficient (Wildman–Crippen LogP) is 2.18. The lowest BCUT2D eigenvalue weighted by molar-refractivity contribution is -0.141. The van der Waals surface area contributed by atoms with Gasteiger partial charge >= 0.3 is 5.97 Å². The average Bonchev–Trinajstić information content (AvgIpc) is 2.50. The molecule has 0 spiro atoms. The molecule has 4 nitrogen and oxygen atoms in total. The van der Waals surface area contributed by atoms with Crippen LogP contribution in [0.2, 0.25) is 0 Å². The van der Waals surface area contributed by atoms with Crippen molar-refractivity contribution in [1.29, 1.82) is 0 Å². The second kappa shape index (κ2) is 7.36. The van der Waals surface area contributed by atoms with Crippen molar-refractivity contribution in [1.82, 2.24) is 5.32 Å². The van der Waals surface area contributed by atoms with Crippen molar-refractivity contribution in [2.45, 2.75) is 18.9 Å². The quantitative estimate of drug-likeness (QED) is 0.859. The molecule has 2 aromatic rings. The van der Waals surface area contributed by atoms with E-state index in [9.17, 15) is 19.1 Å². The van der Waals surface area contributed by atoms with Gasteiger partial charge in [0.2, 0.25) is 5.91 Å². The number of hydrogen-bond acceptors (Lipinski definition) is 2. The zero-order valence-electron chi connectivity index (χ0n) is 11.8. The molecular weight excluding hydrogens is 285 g/mol. The van der Waals surface area contributed by atoms with Gasteiger partial charge < -0.3 is 10.4 Å². The number of nitrogens with one attached hydrogen (secondary N) is 1. The second-order valence-corrected chi connectivity index (χ2v) is 4.92. The van der Waals surface area contributed by atoms with Crippen LogP contribution >= 0.6 is 0 Å². The van der Waals surface area contributed by atoms with Gasteiger partial charge in [0.1, 0.15) is 11.9 Å². The summed E-state index contributed by atoms with van der Waals surface area (Å²) in [5.41, 5.74) is 1.05. The number of carboxylic acid groups (broad SMARTS) is 1. The molecule has 1 amide bonds. The first-order valence-electron chi connectivity index (χ1n) is 6.86. The minimum atomic E-state index is -1.12. The van der Waals surface area contributed by atoms with Gasteiger partial charge in [0, 0.05) is 6.42 Å². The lowest BCUT2D eigenvalue weighted by atomic mass is 10.1. The van der Waals surface area contributed by atoms with Gasteiger partial charge in [0.05, 0.1) is 6.42 Å². The van der Waals surface area contributed by atoms with Crippen LogP contribution in [-0.2, 0) is 22.4 Å².